The number of carbonyl (C=O) groups is 1. The van der Waals surface area contributed by atoms with Crippen molar-refractivity contribution in [3.05, 3.63) is 82.5 Å². The Labute approximate surface area is 258 Å². The lowest BCUT2D eigenvalue weighted by molar-refractivity contribution is -0.362. The first-order valence-electron chi connectivity index (χ1n) is 15.1. The van der Waals surface area contributed by atoms with Gasteiger partial charge in [0.15, 0.2) is 5.78 Å². The molecule has 6 rings (SSSR count). The largest absolute Gasteiger partial charge is 0.456 e. The van der Waals surface area contributed by atoms with E-state index in [4.69, 9.17) is 5.14 Å². The monoisotopic (exact) mass is 650 g/mol. The second-order valence-corrected chi connectivity index (χ2v) is 14.7. The molecule has 5 atom stereocenters. The fraction of sp³-hybridized carbons (Fsp3) is 0.485. The smallest absolute Gasteiger partial charge is 0.383 e. The number of nitrogens with one attached hydrogen (secondary N) is 1. The Hall–Kier alpha value is -3.09. The van der Waals surface area contributed by atoms with Gasteiger partial charge in [-0.3, -0.25) is 4.79 Å². The van der Waals surface area contributed by atoms with E-state index < -0.39 is 51.4 Å². The number of benzene rings is 2. The molecule has 0 amide bonds. The Morgan fingerprint density at radius 2 is 1.64 bits per heavy atom. The third kappa shape index (κ3) is 5.13. The molecule has 2 aromatic carbocycles. The molecule has 2 saturated carbocycles. The maximum atomic E-state index is 15.2. The second kappa shape index (κ2) is 10.7. The van der Waals surface area contributed by atoms with Crippen LogP contribution in [0.1, 0.15) is 68.9 Å². The van der Waals surface area contributed by atoms with Gasteiger partial charge in [-0.15, -0.1) is 0 Å². The van der Waals surface area contributed by atoms with Crippen LogP contribution in [0.15, 0.2) is 76.2 Å². The highest BCUT2D eigenvalue weighted by Crippen LogP contribution is 2.70. The number of hydrogen-bond acceptors (Lipinski definition) is 5. The van der Waals surface area contributed by atoms with Crippen molar-refractivity contribution in [2.24, 2.45) is 22.4 Å². The molecule has 0 unspecified atom stereocenters. The minimum Gasteiger partial charge on any atom is -0.383 e. The lowest BCUT2D eigenvalue weighted by Crippen LogP contribution is -2.65. The number of nitrogens with two attached hydrogens (primary N) is 1. The number of anilines is 1. The van der Waals surface area contributed by atoms with Gasteiger partial charge in [-0.1, -0.05) is 36.8 Å². The van der Waals surface area contributed by atoms with Crippen molar-refractivity contribution in [3.8, 4) is 0 Å². The summed E-state index contributed by atoms with van der Waals surface area (Å²) < 4.78 is 94.7. The molecule has 242 valence electrons. The molecule has 45 heavy (non-hydrogen) atoms. The maximum Gasteiger partial charge on any atom is 0.456 e. The zero-order valence-corrected chi connectivity index (χ0v) is 25.4. The number of fused-ring (bicyclic) bond motifs is 4. The van der Waals surface area contributed by atoms with E-state index in [1.54, 1.807) is 18.2 Å². The zero-order valence-electron chi connectivity index (χ0n) is 24.6. The van der Waals surface area contributed by atoms with E-state index in [9.17, 15) is 31.5 Å². The second-order valence-electron chi connectivity index (χ2n) is 13.1. The van der Waals surface area contributed by atoms with Crippen LogP contribution in [0.2, 0.25) is 0 Å². The quantitative estimate of drug-likeness (QED) is 0.299. The summed E-state index contributed by atoms with van der Waals surface area (Å²) in [6.07, 6.45) is -3.00. The highest BCUT2D eigenvalue weighted by molar-refractivity contribution is 7.89. The molecular formula is C33H35F5N2O4S. The molecule has 4 aliphatic carbocycles. The molecule has 2 aromatic rings. The summed E-state index contributed by atoms with van der Waals surface area (Å²) in [5, 5.41) is 19.8. The van der Waals surface area contributed by atoms with Crippen molar-refractivity contribution in [1.82, 2.24) is 0 Å². The summed E-state index contributed by atoms with van der Waals surface area (Å²) in [5.74, 6) is -6.60. The fourth-order valence-corrected chi connectivity index (χ4v) is 9.06. The highest BCUT2D eigenvalue weighted by atomic mass is 32.2. The minimum atomic E-state index is -5.90. The van der Waals surface area contributed by atoms with Gasteiger partial charge >= 0.3 is 12.1 Å². The SMILES string of the molecule is C[C@]12C[C@H](c3ccc(CNc4ccc(S(N)(=O)=O)cc4)cc3)C3=C4CCC(=O)C=C4CC[C@H]3[C@@H]1CC[C@@]2(O)C(F)(F)C(F)(F)F. The van der Waals surface area contributed by atoms with E-state index in [0.717, 1.165) is 27.8 Å². The number of halogens is 5. The van der Waals surface area contributed by atoms with E-state index in [0.29, 0.717) is 37.9 Å². The molecule has 0 spiro atoms. The zero-order chi connectivity index (χ0) is 32.6. The normalized spacial score (nSPS) is 30.4. The molecule has 0 bridgehead atoms. The Kier molecular flexibility index (Phi) is 7.60. The first-order valence-corrected chi connectivity index (χ1v) is 16.6. The van der Waals surface area contributed by atoms with Gasteiger partial charge in [0.25, 0.3) is 0 Å². The first kappa shape index (κ1) is 31.9. The van der Waals surface area contributed by atoms with Crippen LogP contribution in [0.5, 0.6) is 0 Å². The van der Waals surface area contributed by atoms with Gasteiger partial charge in [-0.2, -0.15) is 22.0 Å². The molecule has 12 heteroatoms. The number of hydrogen-bond donors (Lipinski definition) is 3. The van der Waals surface area contributed by atoms with Gasteiger partial charge in [-0.05, 0) is 103 Å². The van der Waals surface area contributed by atoms with E-state index >= 15 is 8.78 Å². The fourth-order valence-electron chi connectivity index (χ4n) is 8.55. The van der Waals surface area contributed by atoms with Gasteiger partial charge in [0.1, 0.15) is 5.60 Å². The lowest BCUT2D eigenvalue weighted by atomic mass is 9.50. The van der Waals surface area contributed by atoms with Crippen LogP contribution >= 0.6 is 0 Å². The Bertz CT molecular complexity index is 1680. The summed E-state index contributed by atoms with van der Waals surface area (Å²) in [4.78, 5) is 12.2. The Morgan fingerprint density at radius 1 is 0.978 bits per heavy atom. The topological polar surface area (TPSA) is 109 Å². The van der Waals surface area contributed by atoms with Crippen LogP contribution in [0.25, 0.3) is 0 Å². The number of aliphatic hydroxyl groups is 1. The Morgan fingerprint density at radius 3 is 2.27 bits per heavy atom. The number of ketones is 1. The van der Waals surface area contributed by atoms with Gasteiger partial charge in [0.05, 0.1) is 4.90 Å². The number of rotatable bonds is 6. The molecule has 4 N–H and O–H groups in total. The molecular weight excluding hydrogens is 615 g/mol. The first-order chi connectivity index (χ1) is 21.0. The number of sulfonamides is 1. The minimum absolute atomic E-state index is 0.0142. The van der Waals surface area contributed by atoms with E-state index in [-0.39, 0.29) is 29.4 Å². The standard InChI is InChI=1S/C33H35F5N2O4S/c1-30-17-27(20-4-2-19(3-5-20)18-40-22-7-10-24(11-8-22)45(39,43)44)29-25-13-9-23(41)16-21(25)6-12-26(29)28(30)14-15-31(30,42)32(34,35)33(36,37)38/h2-5,7-8,10-11,16,26-28,40,42H,6,9,12-15,17-18H2,1H3,(H2,39,43,44)/t26-,27+,28-,30-,31-/m0/s1. The third-order valence-electron chi connectivity index (χ3n) is 10.8. The van der Waals surface area contributed by atoms with Crippen molar-refractivity contribution in [3.63, 3.8) is 0 Å². The van der Waals surface area contributed by atoms with Crippen LogP contribution in [0.3, 0.4) is 0 Å². The summed E-state index contributed by atoms with van der Waals surface area (Å²) >= 11 is 0. The summed E-state index contributed by atoms with van der Waals surface area (Å²) in [6.45, 7) is 1.79. The lowest BCUT2D eigenvalue weighted by Gasteiger charge is -2.56. The number of allylic oxidation sites excluding steroid dienone is 4. The number of primary sulfonamides is 1. The van der Waals surface area contributed by atoms with Crippen molar-refractivity contribution in [1.29, 1.82) is 0 Å². The van der Waals surface area contributed by atoms with Crippen molar-refractivity contribution >= 4 is 21.5 Å². The number of alkyl halides is 5. The van der Waals surface area contributed by atoms with Crippen molar-refractivity contribution in [2.75, 3.05) is 5.32 Å². The van der Waals surface area contributed by atoms with E-state index in [1.165, 1.54) is 19.1 Å². The molecule has 0 saturated heterocycles. The average Bonchev–Trinajstić information content (AvgIpc) is 3.26. The highest BCUT2D eigenvalue weighted by Gasteiger charge is 2.79. The van der Waals surface area contributed by atoms with Crippen LogP contribution in [-0.4, -0.2) is 37.0 Å². The van der Waals surface area contributed by atoms with Crippen LogP contribution in [-0.2, 0) is 21.4 Å². The summed E-state index contributed by atoms with van der Waals surface area (Å²) in [7, 11) is -3.82. The maximum absolute atomic E-state index is 15.2. The van der Waals surface area contributed by atoms with Gasteiger partial charge in [0, 0.05) is 30.0 Å². The predicted octanol–water partition coefficient (Wildman–Crippen LogP) is 6.77. The van der Waals surface area contributed by atoms with Crippen LogP contribution in [0.4, 0.5) is 27.6 Å². The molecule has 0 aromatic heterocycles. The Balaban J connectivity index is 1.35. The van der Waals surface area contributed by atoms with Gasteiger partial charge in [-0.25, -0.2) is 13.6 Å². The van der Waals surface area contributed by atoms with E-state index in [1.807, 2.05) is 24.3 Å². The van der Waals surface area contributed by atoms with E-state index in [2.05, 4.69) is 5.32 Å². The molecule has 0 aliphatic heterocycles. The van der Waals surface area contributed by atoms with Crippen LogP contribution in [0, 0.1) is 17.3 Å². The van der Waals surface area contributed by atoms with Crippen molar-refractivity contribution in [2.45, 2.75) is 86.9 Å². The van der Waals surface area contributed by atoms with Crippen molar-refractivity contribution < 1.29 is 40.3 Å². The van der Waals surface area contributed by atoms with Crippen LogP contribution < -0.4 is 10.5 Å². The summed E-state index contributed by atoms with van der Waals surface area (Å²) in [5.41, 5.74) is 0.274. The molecule has 0 heterocycles. The van der Waals surface area contributed by atoms with Gasteiger partial charge < -0.3 is 10.4 Å². The third-order valence-corrected chi connectivity index (χ3v) is 11.8. The number of carbonyl (C=O) groups excluding carboxylic acids is 1. The molecule has 6 nitrogen and oxygen atoms in total. The molecule has 4 aliphatic rings. The molecule has 0 radical (unpaired) electrons. The predicted molar refractivity (Wildman–Crippen MR) is 158 cm³/mol. The average molecular weight is 651 g/mol. The molecule has 2 fully saturated rings. The summed E-state index contributed by atoms with van der Waals surface area (Å²) in [6, 6.07) is 13.4. The van der Waals surface area contributed by atoms with Gasteiger partial charge in [0.2, 0.25) is 10.0 Å².